The number of hydrogen-bond acceptors (Lipinski definition) is 7. The van der Waals surface area contributed by atoms with Gasteiger partial charge in [0.25, 0.3) is 0 Å². The molecule has 27 heavy (non-hydrogen) atoms. The third kappa shape index (κ3) is 3.05. The van der Waals surface area contributed by atoms with Gasteiger partial charge in [-0.1, -0.05) is 6.92 Å². The molecular weight excluding hydrogens is 350 g/mol. The van der Waals surface area contributed by atoms with E-state index in [-0.39, 0.29) is 57.6 Å². The molecule has 1 aliphatic carbocycles. The average molecular weight is 369 g/mol. The lowest BCUT2D eigenvalue weighted by atomic mass is 9.81. The van der Waals surface area contributed by atoms with E-state index in [0.717, 1.165) is 6.42 Å². The highest BCUT2D eigenvalue weighted by Gasteiger charge is 2.37. The predicted molar refractivity (Wildman–Crippen MR) is 99.3 cm³/mol. The van der Waals surface area contributed by atoms with Crippen LogP contribution >= 0.6 is 0 Å². The Kier molecular flexibility index (Phi) is 4.72. The molecule has 0 saturated heterocycles. The van der Waals surface area contributed by atoms with Gasteiger partial charge in [0.1, 0.15) is 11.5 Å². The molecule has 0 aromatic heterocycles. The number of rotatable bonds is 5. The van der Waals surface area contributed by atoms with E-state index in [1.807, 2.05) is 6.92 Å². The SMILES string of the molecule is CCCNC(=O)CNc1ccc(O)c2c1C(=O)c1c(O)ccc(N)c1C2=O. The maximum absolute atomic E-state index is 13.0. The minimum Gasteiger partial charge on any atom is -0.507 e. The largest absolute Gasteiger partial charge is 0.507 e. The van der Waals surface area contributed by atoms with Gasteiger partial charge < -0.3 is 26.6 Å². The molecule has 0 aliphatic heterocycles. The van der Waals surface area contributed by atoms with Crippen molar-refractivity contribution in [3.05, 3.63) is 46.5 Å². The van der Waals surface area contributed by atoms with Gasteiger partial charge in [-0.2, -0.15) is 0 Å². The van der Waals surface area contributed by atoms with Crippen molar-refractivity contribution in [1.82, 2.24) is 5.32 Å². The summed E-state index contributed by atoms with van der Waals surface area (Å²) >= 11 is 0. The van der Waals surface area contributed by atoms with Gasteiger partial charge in [-0.3, -0.25) is 14.4 Å². The van der Waals surface area contributed by atoms with Crippen molar-refractivity contribution in [2.24, 2.45) is 0 Å². The highest BCUT2D eigenvalue weighted by molar-refractivity contribution is 6.33. The number of nitrogen functional groups attached to an aromatic ring is 1. The van der Waals surface area contributed by atoms with Crippen LogP contribution in [0.25, 0.3) is 0 Å². The minimum atomic E-state index is -0.662. The molecule has 8 heteroatoms. The van der Waals surface area contributed by atoms with E-state index in [0.29, 0.717) is 6.54 Å². The van der Waals surface area contributed by atoms with Gasteiger partial charge >= 0.3 is 0 Å². The Morgan fingerprint density at radius 1 is 0.963 bits per heavy atom. The molecule has 2 aromatic rings. The van der Waals surface area contributed by atoms with Gasteiger partial charge in [0.2, 0.25) is 17.5 Å². The van der Waals surface area contributed by atoms with Gasteiger partial charge in [0, 0.05) is 17.9 Å². The van der Waals surface area contributed by atoms with Crippen molar-refractivity contribution in [2.45, 2.75) is 13.3 Å². The van der Waals surface area contributed by atoms with Crippen LogP contribution in [0.3, 0.4) is 0 Å². The first-order valence-electron chi connectivity index (χ1n) is 8.44. The zero-order valence-corrected chi connectivity index (χ0v) is 14.6. The minimum absolute atomic E-state index is 0.0310. The van der Waals surface area contributed by atoms with Crippen molar-refractivity contribution < 1.29 is 24.6 Å². The predicted octanol–water partition coefficient (Wildman–Crippen LogP) is 1.39. The zero-order chi connectivity index (χ0) is 19.7. The summed E-state index contributed by atoms with van der Waals surface area (Å²) in [6.07, 6.45) is 0.783. The van der Waals surface area contributed by atoms with Gasteiger partial charge in [0.05, 0.1) is 28.8 Å². The fourth-order valence-electron chi connectivity index (χ4n) is 3.04. The van der Waals surface area contributed by atoms with Gasteiger partial charge in [0.15, 0.2) is 0 Å². The number of aromatic hydroxyl groups is 2. The van der Waals surface area contributed by atoms with E-state index in [4.69, 9.17) is 5.73 Å². The Morgan fingerprint density at radius 3 is 2.22 bits per heavy atom. The Morgan fingerprint density at radius 2 is 1.56 bits per heavy atom. The lowest BCUT2D eigenvalue weighted by Gasteiger charge is -2.23. The van der Waals surface area contributed by atoms with Crippen LogP contribution in [0.1, 0.15) is 45.2 Å². The van der Waals surface area contributed by atoms with Crippen LogP contribution in [0.2, 0.25) is 0 Å². The number of phenolic OH excluding ortho intramolecular Hbond substituents is 2. The van der Waals surface area contributed by atoms with Gasteiger partial charge in [-0.05, 0) is 30.7 Å². The fourth-order valence-corrected chi connectivity index (χ4v) is 3.04. The van der Waals surface area contributed by atoms with Crippen molar-refractivity contribution in [1.29, 1.82) is 0 Å². The summed E-state index contributed by atoms with van der Waals surface area (Å²) in [5.41, 5.74) is 5.40. The maximum Gasteiger partial charge on any atom is 0.239 e. The van der Waals surface area contributed by atoms with E-state index < -0.39 is 11.6 Å². The summed E-state index contributed by atoms with van der Waals surface area (Å²) in [6.45, 7) is 2.32. The molecule has 0 radical (unpaired) electrons. The molecule has 3 rings (SSSR count). The van der Waals surface area contributed by atoms with Crippen LogP contribution in [0.4, 0.5) is 11.4 Å². The molecule has 0 fully saturated rings. The number of fused-ring (bicyclic) bond motifs is 2. The average Bonchev–Trinajstić information content (AvgIpc) is 2.64. The smallest absolute Gasteiger partial charge is 0.239 e. The monoisotopic (exact) mass is 369 g/mol. The van der Waals surface area contributed by atoms with Crippen LogP contribution in [-0.2, 0) is 4.79 Å². The van der Waals surface area contributed by atoms with Crippen LogP contribution in [0.15, 0.2) is 24.3 Å². The Labute approximate surface area is 155 Å². The van der Waals surface area contributed by atoms with Crippen molar-refractivity contribution in [2.75, 3.05) is 24.1 Å². The molecule has 8 nitrogen and oxygen atoms in total. The van der Waals surface area contributed by atoms with Crippen molar-refractivity contribution >= 4 is 28.8 Å². The third-order valence-corrected chi connectivity index (χ3v) is 4.32. The molecule has 0 heterocycles. The molecule has 0 unspecified atom stereocenters. The lowest BCUT2D eigenvalue weighted by molar-refractivity contribution is -0.119. The number of hydrogen-bond donors (Lipinski definition) is 5. The maximum atomic E-state index is 13.0. The second-order valence-corrected chi connectivity index (χ2v) is 6.17. The highest BCUT2D eigenvalue weighted by Crippen LogP contribution is 2.41. The number of carbonyl (C=O) groups is 3. The van der Waals surface area contributed by atoms with Crippen LogP contribution in [-0.4, -0.2) is 40.8 Å². The third-order valence-electron chi connectivity index (χ3n) is 4.32. The summed E-state index contributed by atoms with van der Waals surface area (Å²) in [5.74, 6) is -2.35. The van der Waals surface area contributed by atoms with E-state index in [1.54, 1.807) is 0 Å². The summed E-state index contributed by atoms with van der Waals surface area (Å²) in [5, 5.41) is 25.8. The first-order chi connectivity index (χ1) is 12.9. The zero-order valence-electron chi connectivity index (χ0n) is 14.6. The molecule has 2 aromatic carbocycles. The van der Waals surface area contributed by atoms with E-state index in [2.05, 4.69) is 10.6 Å². The van der Waals surface area contributed by atoms with E-state index >= 15 is 0 Å². The van der Waals surface area contributed by atoms with Crippen LogP contribution in [0.5, 0.6) is 11.5 Å². The lowest BCUT2D eigenvalue weighted by Crippen LogP contribution is -2.31. The van der Waals surface area contributed by atoms with Crippen molar-refractivity contribution in [3.63, 3.8) is 0 Å². The number of phenols is 2. The molecule has 6 N–H and O–H groups in total. The number of ketones is 2. The number of benzene rings is 2. The number of amides is 1. The van der Waals surface area contributed by atoms with Gasteiger partial charge in [-0.15, -0.1) is 0 Å². The molecule has 0 bridgehead atoms. The van der Waals surface area contributed by atoms with Crippen molar-refractivity contribution in [3.8, 4) is 11.5 Å². The molecular formula is C19H19N3O5. The normalized spacial score (nSPS) is 12.3. The highest BCUT2D eigenvalue weighted by atomic mass is 16.3. The summed E-state index contributed by atoms with van der Waals surface area (Å²) < 4.78 is 0. The fraction of sp³-hybridized carbons (Fsp3) is 0.211. The Bertz CT molecular complexity index is 968. The van der Waals surface area contributed by atoms with E-state index in [9.17, 15) is 24.6 Å². The van der Waals surface area contributed by atoms with Crippen LogP contribution in [0, 0.1) is 0 Å². The van der Waals surface area contributed by atoms with E-state index in [1.165, 1.54) is 24.3 Å². The Hall–Kier alpha value is -3.55. The first kappa shape index (κ1) is 18.2. The number of nitrogens with one attached hydrogen (secondary N) is 2. The number of nitrogens with two attached hydrogens (primary N) is 1. The Balaban J connectivity index is 2.06. The molecule has 0 spiro atoms. The summed E-state index contributed by atoms with van der Waals surface area (Å²) in [7, 11) is 0. The topological polar surface area (TPSA) is 142 Å². The second-order valence-electron chi connectivity index (χ2n) is 6.17. The molecule has 140 valence electrons. The summed E-state index contributed by atoms with van der Waals surface area (Å²) in [4.78, 5) is 37.7. The molecule has 1 aliphatic rings. The van der Waals surface area contributed by atoms with Crippen LogP contribution < -0.4 is 16.4 Å². The summed E-state index contributed by atoms with van der Waals surface area (Å²) in [6, 6.07) is 5.22. The second kappa shape index (κ2) is 6.99. The first-order valence-corrected chi connectivity index (χ1v) is 8.44. The number of anilines is 2. The standard InChI is InChI=1S/C19H19N3O5/c1-2-7-21-13(25)8-22-10-4-6-12(24)17-15(10)19(27)16-11(23)5-3-9(20)14(16)18(17)26/h3-6,22-24H,2,7-8,20H2,1H3,(H,21,25). The molecule has 0 saturated carbocycles. The molecule has 0 atom stereocenters. The molecule has 1 amide bonds. The quantitative estimate of drug-likeness (QED) is 0.338. The number of carbonyl (C=O) groups excluding carboxylic acids is 3. The van der Waals surface area contributed by atoms with Gasteiger partial charge in [-0.25, -0.2) is 0 Å².